The summed E-state index contributed by atoms with van der Waals surface area (Å²) in [6.45, 7) is 1.95. The van der Waals surface area contributed by atoms with Crippen molar-refractivity contribution in [3.8, 4) is 0 Å². The van der Waals surface area contributed by atoms with Crippen LogP contribution in [0, 0.1) is 6.92 Å². The quantitative estimate of drug-likeness (QED) is 0.387. The molecule has 3 nitrogen and oxygen atoms in total. The van der Waals surface area contributed by atoms with Crippen molar-refractivity contribution >= 4 is 21.6 Å². The summed E-state index contributed by atoms with van der Waals surface area (Å²) in [4.78, 5) is 2.69. The Bertz CT molecular complexity index is 295. The maximum Gasteiger partial charge on any atom is 0.0389 e. The molecule has 0 heterocycles. The van der Waals surface area contributed by atoms with Crippen LogP contribution in [0.15, 0.2) is 27.8 Å². The van der Waals surface area contributed by atoms with E-state index in [-0.39, 0.29) is 0 Å². The monoisotopic (exact) mass is 211 g/mol. The fourth-order valence-corrected chi connectivity index (χ4v) is 1.42. The fourth-order valence-electron chi connectivity index (χ4n) is 0.826. The van der Waals surface area contributed by atoms with Crippen molar-refractivity contribution in [2.75, 3.05) is 0 Å². The van der Waals surface area contributed by atoms with Gasteiger partial charge in [-0.25, -0.2) is 0 Å². The van der Waals surface area contributed by atoms with E-state index in [2.05, 4.69) is 26.0 Å². The van der Waals surface area contributed by atoms with Gasteiger partial charge in [-0.1, -0.05) is 21.0 Å². The largest absolute Gasteiger partial charge is 0.0607 e. The second kappa shape index (κ2) is 3.42. The van der Waals surface area contributed by atoms with Crippen molar-refractivity contribution in [3.63, 3.8) is 0 Å². The van der Waals surface area contributed by atoms with Crippen LogP contribution in [-0.2, 0) is 0 Å². The molecule has 0 spiro atoms. The molecule has 0 unspecified atom stereocenters. The number of rotatable bonds is 1. The molecule has 1 rings (SSSR count). The van der Waals surface area contributed by atoms with Gasteiger partial charge in [0.25, 0.3) is 0 Å². The van der Waals surface area contributed by atoms with Crippen LogP contribution in [0.3, 0.4) is 0 Å². The van der Waals surface area contributed by atoms with E-state index >= 15 is 0 Å². The first-order chi connectivity index (χ1) is 5.22. The molecule has 1 aromatic carbocycles. The number of hydrogen-bond donors (Lipinski definition) is 0. The van der Waals surface area contributed by atoms with Gasteiger partial charge in [0.05, 0.1) is 0 Å². The van der Waals surface area contributed by atoms with Crippen LogP contribution in [0.5, 0.6) is 0 Å². The predicted molar refractivity (Wildman–Crippen MR) is 47.7 cm³/mol. The molecule has 0 aromatic heterocycles. The van der Waals surface area contributed by atoms with Gasteiger partial charge in [0.2, 0.25) is 0 Å². The van der Waals surface area contributed by atoms with Crippen LogP contribution < -0.4 is 0 Å². The Hall–Kier alpha value is -0.990. The molecule has 0 fully saturated rings. The Balaban J connectivity index is 3.18. The Morgan fingerprint density at radius 2 is 2.18 bits per heavy atom. The first-order valence-corrected chi connectivity index (χ1v) is 3.84. The normalized spacial score (nSPS) is 8.91. The van der Waals surface area contributed by atoms with E-state index in [1.54, 1.807) is 6.07 Å². The van der Waals surface area contributed by atoms with E-state index in [1.807, 2.05) is 19.1 Å². The SMILES string of the molecule is Cc1cc(Br)cc(N=[N+]=[N-])c1. The zero-order valence-electron chi connectivity index (χ0n) is 5.95. The molecule has 0 aliphatic carbocycles. The number of hydrogen-bond acceptors (Lipinski definition) is 1. The summed E-state index contributed by atoms with van der Waals surface area (Å²) in [6.07, 6.45) is 0. The summed E-state index contributed by atoms with van der Waals surface area (Å²) in [5.74, 6) is 0. The van der Waals surface area contributed by atoms with Crippen LogP contribution >= 0.6 is 15.9 Å². The van der Waals surface area contributed by atoms with E-state index in [0.29, 0.717) is 5.69 Å². The minimum Gasteiger partial charge on any atom is -0.0607 e. The minimum absolute atomic E-state index is 0.638. The first kappa shape index (κ1) is 8.11. The number of benzene rings is 1. The molecule has 0 aliphatic rings. The Labute approximate surface area is 72.8 Å². The van der Waals surface area contributed by atoms with Crippen LogP contribution in [0.4, 0.5) is 5.69 Å². The molecule has 0 saturated heterocycles. The molecule has 0 atom stereocenters. The highest BCUT2D eigenvalue weighted by atomic mass is 79.9. The lowest BCUT2D eigenvalue weighted by Gasteiger charge is -1.95. The Morgan fingerprint density at radius 3 is 2.73 bits per heavy atom. The third-order valence-corrected chi connectivity index (χ3v) is 1.64. The highest BCUT2D eigenvalue weighted by molar-refractivity contribution is 9.10. The highest BCUT2D eigenvalue weighted by Crippen LogP contribution is 2.21. The predicted octanol–water partition coefficient (Wildman–Crippen LogP) is 3.70. The number of halogens is 1. The molecule has 0 aliphatic heterocycles. The first-order valence-electron chi connectivity index (χ1n) is 3.04. The lowest BCUT2D eigenvalue weighted by molar-refractivity contribution is 1.39. The van der Waals surface area contributed by atoms with E-state index in [0.717, 1.165) is 10.0 Å². The maximum atomic E-state index is 8.14. The van der Waals surface area contributed by atoms with E-state index in [4.69, 9.17) is 5.53 Å². The molecular weight excluding hydrogens is 206 g/mol. The van der Waals surface area contributed by atoms with Gasteiger partial charge in [-0.05, 0) is 36.2 Å². The number of azide groups is 1. The molecule has 0 amide bonds. The summed E-state index contributed by atoms with van der Waals surface area (Å²) in [7, 11) is 0. The van der Waals surface area contributed by atoms with Gasteiger partial charge < -0.3 is 0 Å². The van der Waals surface area contributed by atoms with Crippen LogP contribution in [0.25, 0.3) is 10.4 Å². The lowest BCUT2D eigenvalue weighted by Crippen LogP contribution is -1.70. The van der Waals surface area contributed by atoms with Gasteiger partial charge in [0.1, 0.15) is 0 Å². The van der Waals surface area contributed by atoms with Crippen LogP contribution in [0.1, 0.15) is 5.56 Å². The summed E-state index contributed by atoms with van der Waals surface area (Å²) in [6, 6.07) is 5.55. The highest BCUT2D eigenvalue weighted by Gasteiger charge is 1.92. The Morgan fingerprint density at radius 1 is 1.45 bits per heavy atom. The molecule has 0 radical (unpaired) electrons. The molecule has 0 bridgehead atoms. The third-order valence-electron chi connectivity index (χ3n) is 1.19. The average Bonchev–Trinajstić information content (AvgIpc) is 1.85. The summed E-state index contributed by atoms with van der Waals surface area (Å²) in [5, 5.41) is 3.48. The second-order valence-electron chi connectivity index (χ2n) is 2.18. The van der Waals surface area contributed by atoms with E-state index in [1.165, 1.54) is 0 Å². The molecular formula is C7H6BrN3. The van der Waals surface area contributed by atoms with Crippen molar-refractivity contribution in [2.45, 2.75) is 6.92 Å². The molecule has 4 heteroatoms. The third kappa shape index (κ3) is 2.26. The van der Waals surface area contributed by atoms with Gasteiger partial charge in [-0.3, -0.25) is 0 Å². The van der Waals surface area contributed by atoms with Gasteiger partial charge in [-0.15, -0.1) is 0 Å². The zero-order valence-corrected chi connectivity index (χ0v) is 7.54. The van der Waals surface area contributed by atoms with Crippen molar-refractivity contribution < 1.29 is 0 Å². The molecule has 0 saturated carbocycles. The molecule has 1 aromatic rings. The second-order valence-corrected chi connectivity index (χ2v) is 3.09. The lowest BCUT2D eigenvalue weighted by atomic mass is 10.2. The van der Waals surface area contributed by atoms with Crippen molar-refractivity contribution in [2.24, 2.45) is 5.11 Å². The summed E-state index contributed by atoms with van der Waals surface area (Å²) in [5.41, 5.74) is 9.85. The molecule has 0 N–H and O–H groups in total. The summed E-state index contributed by atoms with van der Waals surface area (Å²) < 4.78 is 0.930. The van der Waals surface area contributed by atoms with Crippen molar-refractivity contribution in [1.82, 2.24) is 0 Å². The standard InChI is InChI=1S/C7H6BrN3/c1-5-2-6(8)4-7(3-5)10-11-9/h2-4H,1H3. The van der Waals surface area contributed by atoms with Gasteiger partial charge >= 0.3 is 0 Å². The zero-order chi connectivity index (χ0) is 8.27. The molecule has 56 valence electrons. The van der Waals surface area contributed by atoms with Gasteiger partial charge in [0, 0.05) is 15.1 Å². The molecule has 11 heavy (non-hydrogen) atoms. The topological polar surface area (TPSA) is 48.8 Å². The number of nitrogens with zero attached hydrogens (tertiary/aromatic N) is 3. The van der Waals surface area contributed by atoms with Crippen LogP contribution in [0.2, 0.25) is 0 Å². The smallest absolute Gasteiger partial charge is 0.0389 e. The van der Waals surface area contributed by atoms with Crippen molar-refractivity contribution in [1.29, 1.82) is 0 Å². The van der Waals surface area contributed by atoms with Crippen molar-refractivity contribution in [3.05, 3.63) is 38.7 Å². The number of aryl methyl sites for hydroxylation is 1. The maximum absolute atomic E-state index is 8.14. The van der Waals surface area contributed by atoms with Gasteiger partial charge in [0.15, 0.2) is 0 Å². The fraction of sp³-hybridized carbons (Fsp3) is 0.143. The summed E-state index contributed by atoms with van der Waals surface area (Å²) >= 11 is 3.30. The average molecular weight is 212 g/mol. The van der Waals surface area contributed by atoms with Crippen LogP contribution in [-0.4, -0.2) is 0 Å². The van der Waals surface area contributed by atoms with E-state index in [9.17, 15) is 0 Å². The Kier molecular flexibility index (Phi) is 2.52. The van der Waals surface area contributed by atoms with E-state index < -0.39 is 0 Å². The minimum atomic E-state index is 0.638. The van der Waals surface area contributed by atoms with Gasteiger partial charge in [-0.2, -0.15) is 0 Å².